The molecule has 2 aromatic heterocycles. The molecular weight excluding hydrogens is 382 g/mol. The van der Waals surface area contributed by atoms with E-state index < -0.39 is 0 Å². The summed E-state index contributed by atoms with van der Waals surface area (Å²) in [5, 5.41) is 12.3. The number of H-pyrrole nitrogens is 1. The molecule has 1 saturated carbocycles. The number of carbonyl (C=O) groups is 1. The number of aromatic amines is 1. The summed E-state index contributed by atoms with van der Waals surface area (Å²) in [5.74, 6) is 0.0111. The van der Waals surface area contributed by atoms with Crippen LogP contribution < -0.4 is 11.0 Å². The van der Waals surface area contributed by atoms with Crippen LogP contribution in [0.3, 0.4) is 0 Å². The number of carbonyl (C=O) groups excluding carboxylic acids is 1. The predicted octanol–water partition coefficient (Wildman–Crippen LogP) is 3.32. The maximum atomic E-state index is 12.2. The average Bonchev–Trinajstić information content (AvgIpc) is 3.29. The Morgan fingerprint density at radius 2 is 2.15 bits per heavy atom. The summed E-state index contributed by atoms with van der Waals surface area (Å²) < 4.78 is 1.64. The summed E-state index contributed by atoms with van der Waals surface area (Å²) in [6.45, 7) is 2.12. The van der Waals surface area contributed by atoms with Gasteiger partial charge in [-0.2, -0.15) is 0 Å². The number of thiazole rings is 1. The zero-order valence-corrected chi connectivity index (χ0v) is 16.4. The lowest BCUT2D eigenvalue weighted by molar-refractivity contribution is -0.113. The van der Waals surface area contributed by atoms with E-state index in [2.05, 4.69) is 39.6 Å². The Balaban J connectivity index is 1.36. The van der Waals surface area contributed by atoms with E-state index in [4.69, 9.17) is 0 Å². The molecule has 0 spiro atoms. The first-order chi connectivity index (χ1) is 13.1. The first kappa shape index (κ1) is 18.0. The molecule has 1 aliphatic rings. The number of thioether (sulfide) groups is 1. The number of nitrogens with one attached hydrogen (secondary N) is 2. The molecule has 0 radical (unpaired) electrons. The van der Waals surface area contributed by atoms with E-state index >= 15 is 0 Å². The third-order valence-electron chi connectivity index (χ3n) is 4.32. The molecule has 0 atom stereocenters. The van der Waals surface area contributed by atoms with Crippen LogP contribution in [0.15, 0.2) is 39.6 Å². The number of amides is 1. The molecule has 0 aliphatic heterocycles. The average molecular weight is 402 g/mol. The van der Waals surface area contributed by atoms with Gasteiger partial charge >= 0.3 is 5.69 Å². The van der Waals surface area contributed by atoms with Crippen LogP contribution in [-0.4, -0.2) is 31.4 Å². The second-order valence-corrected chi connectivity index (χ2v) is 8.14. The molecule has 2 heterocycles. The fraction of sp³-hybridized carbons (Fsp3) is 0.333. The van der Waals surface area contributed by atoms with Crippen molar-refractivity contribution < 1.29 is 4.79 Å². The van der Waals surface area contributed by atoms with Gasteiger partial charge < -0.3 is 5.32 Å². The molecule has 7 nitrogen and oxygen atoms in total. The highest BCUT2D eigenvalue weighted by molar-refractivity contribution is 7.99. The molecule has 140 valence electrons. The fourth-order valence-electron chi connectivity index (χ4n) is 2.71. The van der Waals surface area contributed by atoms with Crippen LogP contribution in [0.2, 0.25) is 0 Å². The normalized spacial score (nSPS) is 13.7. The number of aromatic nitrogens is 4. The zero-order valence-electron chi connectivity index (χ0n) is 14.8. The van der Waals surface area contributed by atoms with Gasteiger partial charge in [-0.25, -0.2) is 14.9 Å². The van der Waals surface area contributed by atoms with Crippen molar-refractivity contribution in [3.63, 3.8) is 0 Å². The Morgan fingerprint density at radius 3 is 2.85 bits per heavy atom. The maximum absolute atomic E-state index is 12.2. The summed E-state index contributed by atoms with van der Waals surface area (Å²) in [6.07, 6.45) is 2.97. The molecule has 9 heteroatoms. The van der Waals surface area contributed by atoms with Gasteiger partial charge in [0.1, 0.15) is 0 Å². The maximum Gasteiger partial charge on any atom is 0.344 e. The number of benzene rings is 1. The largest absolute Gasteiger partial charge is 0.344 e. The van der Waals surface area contributed by atoms with E-state index in [0.717, 1.165) is 30.5 Å². The van der Waals surface area contributed by atoms with Crippen molar-refractivity contribution >= 4 is 34.1 Å². The van der Waals surface area contributed by atoms with E-state index in [0.29, 0.717) is 10.3 Å². The first-order valence-corrected chi connectivity index (χ1v) is 10.6. The third kappa shape index (κ3) is 4.14. The number of hydrogen-bond donors (Lipinski definition) is 2. The molecule has 2 N–H and O–H groups in total. The van der Waals surface area contributed by atoms with Crippen molar-refractivity contribution in [2.45, 2.75) is 37.4 Å². The summed E-state index contributed by atoms with van der Waals surface area (Å²) in [4.78, 5) is 28.5. The van der Waals surface area contributed by atoms with Gasteiger partial charge in [0, 0.05) is 17.0 Å². The number of rotatable bonds is 7. The summed E-state index contributed by atoms with van der Waals surface area (Å²) in [7, 11) is 0. The fourth-order valence-corrected chi connectivity index (χ4v) is 4.26. The van der Waals surface area contributed by atoms with Crippen LogP contribution >= 0.6 is 23.1 Å². The van der Waals surface area contributed by atoms with Crippen LogP contribution in [0.1, 0.15) is 31.4 Å². The predicted molar refractivity (Wildman–Crippen MR) is 107 cm³/mol. The highest BCUT2D eigenvalue weighted by atomic mass is 32.2. The number of anilines is 1. The number of aryl methyl sites for hydroxylation is 1. The van der Waals surface area contributed by atoms with Crippen LogP contribution in [0, 0.1) is 0 Å². The lowest BCUT2D eigenvalue weighted by Crippen LogP contribution is -2.17. The van der Waals surface area contributed by atoms with E-state index in [1.165, 1.54) is 28.7 Å². The molecule has 0 unspecified atom stereocenters. The molecule has 0 bridgehead atoms. The Kier molecular flexibility index (Phi) is 5.13. The topological polar surface area (TPSA) is 92.7 Å². The summed E-state index contributed by atoms with van der Waals surface area (Å²) in [5.41, 5.74) is 2.95. The number of hydrogen-bond acceptors (Lipinski definition) is 6. The van der Waals surface area contributed by atoms with Gasteiger partial charge in [0.2, 0.25) is 5.91 Å². The van der Waals surface area contributed by atoms with Gasteiger partial charge in [-0.05, 0) is 24.8 Å². The Morgan fingerprint density at radius 1 is 1.37 bits per heavy atom. The van der Waals surface area contributed by atoms with Gasteiger partial charge in [-0.15, -0.1) is 16.4 Å². The lowest BCUT2D eigenvalue weighted by Gasteiger charge is -2.03. The number of nitrogens with zero attached hydrogens (tertiary/aromatic N) is 3. The standard InChI is InChI=1S/C18H19N5O2S2/c1-2-11-3-5-12(6-4-11)14-9-26-16(19-14)20-15(24)10-27-18-22-21-17(25)23(18)13-7-8-13/h3-6,9,13H,2,7-8,10H2,1H3,(H,21,25)(H,19,20,24). The van der Waals surface area contributed by atoms with Crippen LogP contribution in [0.4, 0.5) is 5.13 Å². The summed E-state index contributed by atoms with van der Waals surface area (Å²) >= 11 is 2.65. The highest BCUT2D eigenvalue weighted by Crippen LogP contribution is 2.36. The van der Waals surface area contributed by atoms with Crippen LogP contribution in [0.5, 0.6) is 0 Å². The van der Waals surface area contributed by atoms with Gasteiger partial charge in [0.25, 0.3) is 0 Å². The van der Waals surface area contributed by atoms with Crippen molar-refractivity contribution in [2.24, 2.45) is 0 Å². The SMILES string of the molecule is CCc1ccc(-c2csc(NC(=O)CSc3n[nH]c(=O)n3C3CC3)n2)cc1. The van der Waals surface area contributed by atoms with Gasteiger partial charge in [-0.1, -0.05) is 43.0 Å². The Labute approximate surface area is 164 Å². The Bertz CT molecular complexity index is 1000. The van der Waals surface area contributed by atoms with Gasteiger partial charge in [0.05, 0.1) is 11.4 Å². The van der Waals surface area contributed by atoms with E-state index in [1.54, 1.807) is 4.57 Å². The van der Waals surface area contributed by atoms with Crippen molar-refractivity contribution in [1.29, 1.82) is 0 Å². The molecule has 1 aromatic carbocycles. The second kappa shape index (κ2) is 7.69. The van der Waals surface area contributed by atoms with Crippen LogP contribution in [-0.2, 0) is 11.2 Å². The minimum Gasteiger partial charge on any atom is -0.301 e. The lowest BCUT2D eigenvalue weighted by atomic mass is 10.1. The van der Waals surface area contributed by atoms with Gasteiger partial charge in [-0.3, -0.25) is 9.36 Å². The molecule has 3 aromatic rings. The van der Waals surface area contributed by atoms with Crippen LogP contribution in [0.25, 0.3) is 11.3 Å². The van der Waals surface area contributed by atoms with Gasteiger partial charge in [0.15, 0.2) is 10.3 Å². The molecule has 4 rings (SSSR count). The quantitative estimate of drug-likeness (QED) is 0.593. The van der Waals surface area contributed by atoms with Crippen molar-refractivity contribution in [1.82, 2.24) is 19.7 Å². The first-order valence-electron chi connectivity index (χ1n) is 8.78. The molecular formula is C18H19N5O2S2. The van der Waals surface area contributed by atoms with E-state index in [1.807, 2.05) is 17.5 Å². The monoisotopic (exact) mass is 401 g/mol. The molecule has 0 saturated heterocycles. The van der Waals surface area contributed by atoms with Crippen molar-refractivity contribution in [3.8, 4) is 11.3 Å². The third-order valence-corrected chi connectivity index (χ3v) is 6.04. The van der Waals surface area contributed by atoms with Crippen molar-refractivity contribution in [3.05, 3.63) is 45.7 Å². The molecule has 1 fully saturated rings. The second-order valence-electron chi connectivity index (χ2n) is 6.34. The molecule has 1 aliphatic carbocycles. The molecule has 27 heavy (non-hydrogen) atoms. The zero-order chi connectivity index (χ0) is 18.8. The van der Waals surface area contributed by atoms with E-state index in [9.17, 15) is 9.59 Å². The molecule has 1 amide bonds. The Hall–Kier alpha value is -2.39. The van der Waals surface area contributed by atoms with E-state index in [-0.39, 0.29) is 23.4 Å². The highest BCUT2D eigenvalue weighted by Gasteiger charge is 2.28. The minimum atomic E-state index is -0.209. The van der Waals surface area contributed by atoms with Crippen molar-refractivity contribution in [2.75, 3.05) is 11.1 Å². The smallest absolute Gasteiger partial charge is 0.301 e. The summed E-state index contributed by atoms with van der Waals surface area (Å²) in [6, 6.07) is 8.50. The minimum absolute atomic E-state index is 0.167.